The molecule has 2 N–H and O–H groups in total. The minimum Gasteiger partial charge on any atom is -1.00 e. The van der Waals surface area contributed by atoms with Crippen LogP contribution in [-0.2, 0) is 9.59 Å². The van der Waals surface area contributed by atoms with Crippen molar-refractivity contribution in [1.82, 2.24) is 0 Å². The third-order valence-electron chi connectivity index (χ3n) is 2.99. The van der Waals surface area contributed by atoms with Gasteiger partial charge in [-0.25, -0.2) is 0 Å². The summed E-state index contributed by atoms with van der Waals surface area (Å²) in [5, 5.41) is 17.7. The number of rotatable bonds is 7. The van der Waals surface area contributed by atoms with Crippen LogP contribution in [0.2, 0.25) is 0 Å². The Kier molecular flexibility index (Phi) is 10.7. The molecule has 0 aromatic heterocycles. The van der Waals surface area contributed by atoms with Crippen LogP contribution in [0, 0.1) is 17.8 Å². The van der Waals surface area contributed by atoms with Crippen molar-refractivity contribution in [3.05, 3.63) is 0 Å². The molecule has 0 bridgehead atoms. The Morgan fingerprint density at radius 2 is 1.62 bits per heavy atom. The van der Waals surface area contributed by atoms with Gasteiger partial charge < -0.3 is 13.1 Å². The largest absolute Gasteiger partial charge is 2.00 e. The molecule has 0 heterocycles. The number of carboxylic acid groups (broad SMARTS) is 2. The van der Waals surface area contributed by atoms with E-state index in [4.69, 9.17) is 10.2 Å². The molecule has 0 rings (SSSR count). The summed E-state index contributed by atoms with van der Waals surface area (Å²) in [4.78, 5) is 21.7. The molecule has 5 heteroatoms. The number of hydrogen-bond donors (Lipinski definition) is 2. The fourth-order valence-corrected chi connectivity index (χ4v) is 2.04. The van der Waals surface area contributed by atoms with Crippen LogP contribution in [0.25, 0.3) is 0 Å². The topological polar surface area (TPSA) is 74.6 Å². The maximum atomic E-state index is 10.8. The Labute approximate surface area is 129 Å². The zero-order chi connectivity index (χ0) is 12.0. The SMILES string of the molecule is CCCC(CC)C(C)C(C(=O)O)C(=O)O.[Ca+2].[H-].[H-]. The van der Waals surface area contributed by atoms with E-state index in [1.165, 1.54) is 0 Å². The van der Waals surface area contributed by atoms with Crippen LogP contribution in [0.3, 0.4) is 0 Å². The fourth-order valence-electron chi connectivity index (χ4n) is 2.04. The summed E-state index contributed by atoms with van der Waals surface area (Å²) < 4.78 is 0. The Hall–Kier alpha value is 0.200. The summed E-state index contributed by atoms with van der Waals surface area (Å²) in [5.41, 5.74) is 0. The second-order valence-electron chi connectivity index (χ2n) is 3.97. The maximum absolute atomic E-state index is 10.8. The van der Waals surface area contributed by atoms with Gasteiger partial charge in [0.05, 0.1) is 0 Å². The molecule has 0 saturated carbocycles. The van der Waals surface area contributed by atoms with E-state index in [0.717, 1.165) is 19.3 Å². The van der Waals surface area contributed by atoms with E-state index in [-0.39, 0.29) is 52.4 Å². The zero-order valence-electron chi connectivity index (χ0n) is 12.3. The van der Waals surface area contributed by atoms with Crippen LogP contribution in [-0.4, -0.2) is 59.9 Å². The van der Waals surface area contributed by atoms with Gasteiger partial charge in [-0.2, -0.15) is 0 Å². The second-order valence-corrected chi connectivity index (χ2v) is 3.97. The average Bonchev–Trinajstić information content (AvgIpc) is 2.12. The molecule has 0 spiro atoms. The van der Waals surface area contributed by atoms with Crippen molar-refractivity contribution in [2.45, 2.75) is 40.0 Å². The molecular formula is C11H22CaO4. The Bertz CT molecular complexity index is 225. The van der Waals surface area contributed by atoms with E-state index in [1.54, 1.807) is 6.92 Å². The van der Waals surface area contributed by atoms with Crippen molar-refractivity contribution >= 4 is 49.7 Å². The van der Waals surface area contributed by atoms with Crippen molar-refractivity contribution in [2.24, 2.45) is 17.8 Å². The third-order valence-corrected chi connectivity index (χ3v) is 2.99. The van der Waals surface area contributed by atoms with Crippen molar-refractivity contribution in [2.75, 3.05) is 0 Å². The normalized spacial score (nSPS) is 14.0. The number of carbonyl (C=O) groups is 2. The predicted octanol–water partition coefficient (Wildman–Crippen LogP) is 2.08. The molecule has 0 aliphatic heterocycles. The van der Waals surface area contributed by atoms with E-state index >= 15 is 0 Å². The van der Waals surface area contributed by atoms with Crippen molar-refractivity contribution < 1.29 is 22.7 Å². The van der Waals surface area contributed by atoms with E-state index in [9.17, 15) is 9.59 Å². The molecule has 0 saturated heterocycles. The van der Waals surface area contributed by atoms with Gasteiger partial charge in [-0.3, -0.25) is 9.59 Å². The minimum atomic E-state index is -1.28. The standard InChI is InChI=1S/C11H20O4.Ca.2H/c1-4-6-8(5-2)7(3)9(10(12)13)11(14)15;;;/h7-9H,4-6H2,1-3H3,(H,12,13)(H,14,15);;;/q;+2;2*-1. The van der Waals surface area contributed by atoms with E-state index in [1.807, 2.05) is 13.8 Å². The molecular weight excluding hydrogens is 236 g/mol. The van der Waals surface area contributed by atoms with E-state index in [2.05, 4.69) is 0 Å². The number of hydrogen-bond acceptors (Lipinski definition) is 2. The van der Waals surface area contributed by atoms with Crippen LogP contribution in [0.1, 0.15) is 42.9 Å². The fraction of sp³-hybridized carbons (Fsp3) is 0.818. The molecule has 0 amide bonds. The van der Waals surface area contributed by atoms with Gasteiger partial charge in [0.15, 0.2) is 5.92 Å². The van der Waals surface area contributed by atoms with Gasteiger partial charge in [0.2, 0.25) is 0 Å². The first-order valence-corrected chi connectivity index (χ1v) is 5.41. The Morgan fingerprint density at radius 3 is 1.88 bits per heavy atom. The van der Waals surface area contributed by atoms with Crippen LogP contribution in [0.4, 0.5) is 0 Å². The van der Waals surface area contributed by atoms with E-state index in [0.29, 0.717) is 0 Å². The van der Waals surface area contributed by atoms with Crippen LogP contribution in [0.5, 0.6) is 0 Å². The summed E-state index contributed by atoms with van der Waals surface area (Å²) in [7, 11) is 0. The first-order valence-electron chi connectivity index (χ1n) is 5.41. The van der Waals surface area contributed by atoms with Gasteiger partial charge in [-0.1, -0.05) is 40.0 Å². The van der Waals surface area contributed by atoms with E-state index < -0.39 is 17.9 Å². The van der Waals surface area contributed by atoms with Crippen molar-refractivity contribution in [1.29, 1.82) is 0 Å². The summed E-state index contributed by atoms with van der Waals surface area (Å²) in [5.74, 6) is -3.88. The molecule has 16 heavy (non-hydrogen) atoms. The molecule has 2 atom stereocenters. The molecule has 2 unspecified atom stereocenters. The first-order chi connectivity index (χ1) is 6.95. The Morgan fingerprint density at radius 1 is 1.19 bits per heavy atom. The molecule has 0 aromatic rings. The van der Waals surface area contributed by atoms with Gasteiger partial charge in [0.1, 0.15) is 0 Å². The van der Waals surface area contributed by atoms with Crippen molar-refractivity contribution in [3.63, 3.8) is 0 Å². The quantitative estimate of drug-likeness (QED) is 0.541. The van der Waals surface area contributed by atoms with Crippen LogP contribution >= 0.6 is 0 Å². The van der Waals surface area contributed by atoms with Gasteiger partial charge in [0.25, 0.3) is 0 Å². The summed E-state index contributed by atoms with van der Waals surface area (Å²) >= 11 is 0. The summed E-state index contributed by atoms with van der Waals surface area (Å²) in [6.07, 6.45) is 2.66. The van der Waals surface area contributed by atoms with Gasteiger partial charge in [0, 0.05) is 0 Å². The molecule has 0 aliphatic carbocycles. The first kappa shape index (κ1) is 18.6. The maximum Gasteiger partial charge on any atom is 2.00 e. The van der Waals surface area contributed by atoms with Gasteiger partial charge in [-0.15, -0.1) is 0 Å². The Balaban J connectivity index is -0.000000327. The zero-order valence-corrected chi connectivity index (χ0v) is 12.5. The monoisotopic (exact) mass is 258 g/mol. The van der Waals surface area contributed by atoms with Gasteiger partial charge >= 0.3 is 49.7 Å². The summed E-state index contributed by atoms with van der Waals surface area (Å²) in [6, 6.07) is 0. The summed E-state index contributed by atoms with van der Waals surface area (Å²) in [6.45, 7) is 5.71. The molecule has 0 radical (unpaired) electrons. The molecule has 4 nitrogen and oxygen atoms in total. The predicted molar refractivity (Wildman–Crippen MR) is 64.6 cm³/mol. The second kappa shape index (κ2) is 9.25. The van der Waals surface area contributed by atoms with Crippen molar-refractivity contribution in [3.8, 4) is 0 Å². The third kappa shape index (κ3) is 5.50. The number of carboxylic acids is 2. The van der Waals surface area contributed by atoms with Crippen LogP contribution < -0.4 is 0 Å². The molecule has 0 fully saturated rings. The van der Waals surface area contributed by atoms with Crippen LogP contribution in [0.15, 0.2) is 0 Å². The smallest absolute Gasteiger partial charge is 1.00 e. The minimum absolute atomic E-state index is 0. The average molecular weight is 258 g/mol. The molecule has 92 valence electrons. The molecule has 0 aliphatic rings. The number of aliphatic carboxylic acids is 2. The molecule has 0 aromatic carbocycles. The van der Waals surface area contributed by atoms with Gasteiger partial charge in [-0.05, 0) is 11.8 Å².